The largest absolute Gasteiger partial charge is 0.369 e. The van der Waals surface area contributed by atoms with Gasteiger partial charge in [-0.1, -0.05) is 30.4 Å². The Bertz CT molecular complexity index is 1380. The summed E-state index contributed by atoms with van der Waals surface area (Å²) in [6, 6.07) is 12.4. The van der Waals surface area contributed by atoms with Gasteiger partial charge in [-0.15, -0.1) is 0 Å². The normalized spacial score (nSPS) is 19.3. The lowest BCUT2D eigenvalue weighted by molar-refractivity contribution is 0.395. The zero-order valence-electron chi connectivity index (χ0n) is 17.5. The van der Waals surface area contributed by atoms with Crippen molar-refractivity contribution >= 4 is 39.1 Å². The van der Waals surface area contributed by atoms with Crippen molar-refractivity contribution < 1.29 is 0 Å². The van der Waals surface area contributed by atoms with Gasteiger partial charge in [0.05, 0.1) is 15.6 Å². The van der Waals surface area contributed by atoms with Crippen molar-refractivity contribution in [1.29, 1.82) is 0 Å². The van der Waals surface area contributed by atoms with E-state index in [0.29, 0.717) is 5.92 Å². The molecule has 0 saturated carbocycles. The molecule has 0 aliphatic carbocycles. The van der Waals surface area contributed by atoms with E-state index < -0.39 is 0 Å². The SMILES string of the molecule is Cc1cc2c(cc1/C=c1\sc3nc4ccccc4n3c1=O)[C@H](C)CC(C)(C)N2C. The molecule has 4 nitrogen and oxygen atoms in total. The maximum atomic E-state index is 13.1. The smallest absolute Gasteiger partial charge is 0.274 e. The first kappa shape index (κ1) is 18.4. The number of aromatic nitrogens is 2. The van der Waals surface area contributed by atoms with Crippen LogP contribution in [0.2, 0.25) is 0 Å². The number of nitrogens with zero attached hydrogens (tertiary/aromatic N) is 3. The number of rotatable bonds is 1. The summed E-state index contributed by atoms with van der Waals surface area (Å²) in [7, 11) is 2.18. The van der Waals surface area contributed by atoms with Crippen molar-refractivity contribution in [2.24, 2.45) is 0 Å². The third-order valence-electron chi connectivity index (χ3n) is 6.45. The average molecular weight is 404 g/mol. The van der Waals surface area contributed by atoms with E-state index in [9.17, 15) is 4.79 Å². The van der Waals surface area contributed by atoms with Gasteiger partial charge in [-0.05, 0) is 80.1 Å². The Morgan fingerprint density at radius 2 is 2.00 bits per heavy atom. The Morgan fingerprint density at radius 1 is 1.24 bits per heavy atom. The molecule has 1 aliphatic heterocycles. The van der Waals surface area contributed by atoms with E-state index in [1.165, 1.54) is 28.2 Å². The van der Waals surface area contributed by atoms with Crippen molar-refractivity contribution in [2.75, 3.05) is 11.9 Å². The quantitative estimate of drug-likeness (QED) is 0.470. The highest BCUT2D eigenvalue weighted by Crippen LogP contribution is 2.43. The second-order valence-corrected chi connectivity index (χ2v) is 9.89. The molecule has 0 N–H and O–H groups in total. The lowest BCUT2D eigenvalue weighted by Crippen LogP contribution is -2.45. The summed E-state index contributed by atoms with van der Waals surface area (Å²) in [5, 5.41) is 0. The third-order valence-corrected chi connectivity index (χ3v) is 7.42. The summed E-state index contributed by atoms with van der Waals surface area (Å²) in [5.41, 5.74) is 6.88. The minimum Gasteiger partial charge on any atom is -0.369 e. The van der Waals surface area contributed by atoms with Crippen LogP contribution in [0.5, 0.6) is 0 Å². The lowest BCUT2D eigenvalue weighted by atomic mass is 9.79. The number of anilines is 1. The number of para-hydroxylation sites is 2. The summed E-state index contributed by atoms with van der Waals surface area (Å²) in [6.07, 6.45) is 3.16. The fourth-order valence-electron chi connectivity index (χ4n) is 4.64. The highest BCUT2D eigenvalue weighted by molar-refractivity contribution is 7.15. The average Bonchev–Trinajstić information content (AvgIpc) is 3.17. The van der Waals surface area contributed by atoms with Crippen LogP contribution in [-0.4, -0.2) is 22.0 Å². The van der Waals surface area contributed by atoms with Crippen LogP contribution in [-0.2, 0) is 0 Å². The van der Waals surface area contributed by atoms with Crippen LogP contribution in [0.3, 0.4) is 0 Å². The highest BCUT2D eigenvalue weighted by atomic mass is 32.1. The number of thiazole rings is 1. The molecule has 0 amide bonds. The number of hydrogen-bond donors (Lipinski definition) is 0. The van der Waals surface area contributed by atoms with Gasteiger partial charge in [-0.2, -0.15) is 0 Å². The molecule has 0 spiro atoms. The fourth-order valence-corrected chi connectivity index (χ4v) is 5.62. The van der Waals surface area contributed by atoms with Crippen LogP contribution in [0.25, 0.3) is 22.1 Å². The molecule has 0 bridgehead atoms. The molecule has 0 radical (unpaired) electrons. The number of aryl methyl sites for hydroxylation is 1. The highest BCUT2D eigenvalue weighted by Gasteiger charge is 2.34. The monoisotopic (exact) mass is 403 g/mol. The first-order valence-electron chi connectivity index (χ1n) is 10.1. The summed E-state index contributed by atoms with van der Waals surface area (Å²) < 4.78 is 2.47. The molecule has 1 atom stereocenters. The Kier molecular flexibility index (Phi) is 3.91. The number of benzene rings is 2. The molecule has 2 aromatic carbocycles. The molecule has 29 heavy (non-hydrogen) atoms. The summed E-state index contributed by atoms with van der Waals surface area (Å²) in [6.45, 7) is 9.04. The van der Waals surface area contributed by atoms with Gasteiger partial charge in [0, 0.05) is 18.3 Å². The molecule has 5 heteroatoms. The zero-order valence-corrected chi connectivity index (χ0v) is 18.3. The summed E-state index contributed by atoms with van der Waals surface area (Å²) in [4.78, 5) is 20.9. The molecule has 5 rings (SSSR count). The first-order valence-corrected chi connectivity index (χ1v) is 10.9. The van der Waals surface area contributed by atoms with Crippen LogP contribution >= 0.6 is 11.3 Å². The van der Waals surface area contributed by atoms with E-state index in [4.69, 9.17) is 0 Å². The fraction of sp³-hybridized carbons (Fsp3) is 0.333. The van der Waals surface area contributed by atoms with Gasteiger partial charge in [0.1, 0.15) is 0 Å². The van der Waals surface area contributed by atoms with E-state index in [-0.39, 0.29) is 11.1 Å². The summed E-state index contributed by atoms with van der Waals surface area (Å²) >= 11 is 1.47. The standard InChI is InChI=1S/C24H25N3OS/c1-14-10-20-17(15(2)13-24(3,4)26(20)5)11-16(14)12-21-22(28)27-19-9-7-6-8-18(19)25-23(27)29-21/h6-12,15H,13H2,1-5H3/b21-12-/t15-/m1/s1. The third kappa shape index (κ3) is 2.71. The molecule has 3 heterocycles. The van der Waals surface area contributed by atoms with Crippen molar-refractivity contribution in [3.8, 4) is 0 Å². The van der Waals surface area contributed by atoms with Crippen LogP contribution in [0.4, 0.5) is 5.69 Å². The topological polar surface area (TPSA) is 37.6 Å². The van der Waals surface area contributed by atoms with Gasteiger partial charge in [-0.25, -0.2) is 9.38 Å². The van der Waals surface area contributed by atoms with Crippen molar-refractivity contribution in [1.82, 2.24) is 9.38 Å². The van der Waals surface area contributed by atoms with Gasteiger partial charge in [0.25, 0.3) is 5.56 Å². The van der Waals surface area contributed by atoms with Gasteiger partial charge in [-0.3, -0.25) is 4.79 Å². The number of fused-ring (bicyclic) bond motifs is 4. The predicted octanol–water partition coefficient (Wildman–Crippen LogP) is 4.49. The molecule has 148 valence electrons. The van der Waals surface area contributed by atoms with E-state index in [0.717, 1.165) is 32.5 Å². The molecular weight excluding hydrogens is 378 g/mol. The zero-order chi connectivity index (χ0) is 20.5. The Labute approximate surface area is 174 Å². The van der Waals surface area contributed by atoms with Gasteiger partial charge < -0.3 is 4.90 Å². The van der Waals surface area contributed by atoms with Gasteiger partial charge in [0.2, 0.25) is 0 Å². The Balaban J connectivity index is 1.70. The molecule has 0 saturated heterocycles. The van der Waals surface area contributed by atoms with E-state index in [2.05, 4.69) is 56.8 Å². The number of hydrogen-bond acceptors (Lipinski definition) is 4. The van der Waals surface area contributed by atoms with Crippen molar-refractivity contribution in [2.45, 2.75) is 45.6 Å². The first-order chi connectivity index (χ1) is 13.8. The maximum Gasteiger partial charge on any atom is 0.274 e. The minimum absolute atomic E-state index is 0.0159. The second kappa shape index (κ2) is 6.17. The predicted molar refractivity (Wildman–Crippen MR) is 122 cm³/mol. The van der Waals surface area contributed by atoms with Gasteiger partial charge >= 0.3 is 0 Å². The maximum absolute atomic E-state index is 13.1. The van der Waals surface area contributed by atoms with Gasteiger partial charge in [0.15, 0.2) is 4.96 Å². The minimum atomic E-state index is 0.0159. The van der Waals surface area contributed by atoms with Crippen LogP contribution in [0.15, 0.2) is 41.2 Å². The van der Waals surface area contributed by atoms with E-state index in [1.807, 2.05) is 30.3 Å². The van der Waals surface area contributed by atoms with Crippen LogP contribution in [0.1, 0.15) is 49.8 Å². The van der Waals surface area contributed by atoms with E-state index >= 15 is 0 Å². The molecule has 0 fully saturated rings. The lowest BCUT2D eigenvalue weighted by Gasteiger charge is -2.45. The Hall–Kier alpha value is -2.66. The second-order valence-electron chi connectivity index (χ2n) is 8.88. The van der Waals surface area contributed by atoms with Crippen molar-refractivity contribution in [3.05, 3.63) is 68.0 Å². The molecule has 1 aliphatic rings. The number of imidazole rings is 1. The Morgan fingerprint density at radius 3 is 2.79 bits per heavy atom. The molecule has 0 unspecified atom stereocenters. The summed E-state index contributed by atoms with van der Waals surface area (Å²) in [5.74, 6) is 0.486. The van der Waals surface area contributed by atoms with Crippen LogP contribution in [0, 0.1) is 6.92 Å². The van der Waals surface area contributed by atoms with Crippen LogP contribution < -0.4 is 15.0 Å². The molecule has 4 aromatic rings. The van der Waals surface area contributed by atoms with E-state index in [1.54, 1.807) is 4.40 Å². The molecule has 2 aromatic heterocycles. The molecular formula is C24H25N3OS. The van der Waals surface area contributed by atoms with Crippen molar-refractivity contribution in [3.63, 3.8) is 0 Å².